The summed E-state index contributed by atoms with van der Waals surface area (Å²) in [7, 11) is -6.65. The van der Waals surface area contributed by atoms with E-state index in [0.29, 0.717) is 24.9 Å². The topological polar surface area (TPSA) is 110 Å². The van der Waals surface area contributed by atoms with Gasteiger partial charge in [-0.25, -0.2) is 0 Å². The second-order valence-electron chi connectivity index (χ2n) is 6.07. The average Bonchev–Trinajstić information content (AvgIpc) is 2.74. The van der Waals surface area contributed by atoms with Gasteiger partial charge in [0.2, 0.25) is 0 Å². The Labute approximate surface area is 142 Å². The molecule has 1 aliphatic heterocycles. The van der Waals surface area contributed by atoms with Crippen molar-refractivity contribution in [1.82, 2.24) is 0 Å². The molecule has 0 bridgehead atoms. The first-order valence-electron chi connectivity index (χ1n) is 7.46. The fraction of sp³-hybridized carbons (Fsp3) is 0.533. The molecule has 0 fully saturated rings. The first-order valence-corrected chi connectivity index (χ1v) is 10.5. The molecular weight excluding hydrogens is 354 g/mol. The van der Waals surface area contributed by atoms with E-state index in [-0.39, 0.29) is 10.6 Å². The molecule has 0 radical (unpaired) electrons. The van der Waals surface area contributed by atoms with Crippen molar-refractivity contribution >= 4 is 31.6 Å². The van der Waals surface area contributed by atoms with E-state index in [9.17, 15) is 16.8 Å². The lowest BCUT2D eigenvalue weighted by molar-refractivity contribution is 0.397. The van der Waals surface area contributed by atoms with Gasteiger partial charge in [-0.05, 0) is 43.5 Å². The van der Waals surface area contributed by atoms with Gasteiger partial charge >= 0.3 is 0 Å². The van der Waals surface area contributed by atoms with Crippen LogP contribution in [0.1, 0.15) is 38.7 Å². The molecule has 2 rings (SSSR count). The molecule has 24 heavy (non-hydrogen) atoms. The zero-order valence-corrected chi connectivity index (χ0v) is 15.4. The van der Waals surface area contributed by atoms with E-state index in [0.717, 1.165) is 18.4 Å². The van der Waals surface area contributed by atoms with Crippen LogP contribution in [0.5, 0.6) is 0 Å². The number of hydrogen-bond acceptors (Lipinski definition) is 6. The van der Waals surface area contributed by atoms with Crippen LogP contribution in [-0.4, -0.2) is 40.0 Å². The van der Waals surface area contributed by atoms with Gasteiger partial charge in [0.25, 0.3) is 20.2 Å². The predicted molar refractivity (Wildman–Crippen MR) is 91.0 cm³/mol. The third-order valence-corrected chi connectivity index (χ3v) is 6.56. The number of hydrogen-bond donors (Lipinski definition) is 1. The smallest absolute Gasteiger partial charge is 0.286 e. The van der Waals surface area contributed by atoms with Crippen molar-refractivity contribution in [1.29, 1.82) is 0 Å². The first-order chi connectivity index (χ1) is 11.0. The van der Waals surface area contributed by atoms with Crippen molar-refractivity contribution in [2.45, 2.75) is 43.4 Å². The Hall–Kier alpha value is -1.29. The summed E-state index contributed by atoms with van der Waals surface area (Å²) >= 11 is 0. The van der Waals surface area contributed by atoms with E-state index in [1.54, 1.807) is 12.1 Å². The predicted octanol–water partition coefficient (Wildman–Crippen LogP) is 2.44. The number of aliphatic imine (C=N–C) groups is 1. The van der Waals surface area contributed by atoms with Crippen LogP contribution in [0.2, 0.25) is 0 Å². The molecular formula is C15H21NO6S2. The highest BCUT2D eigenvalue weighted by Gasteiger charge is 2.37. The monoisotopic (exact) mass is 375 g/mol. The summed E-state index contributed by atoms with van der Waals surface area (Å²) in [6.07, 6.45) is 1.48. The van der Waals surface area contributed by atoms with Gasteiger partial charge in [-0.1, -0.05) is 13.3 Å². The minimum Gasteiger partial charge on any atom is -0.286 e. The van der Waals surface area contributed by atoms with Crippen molar-refractivity contribution in [3.63, 3.8) is 0 Å². The summed E-state index contributed by atoms with van der Waals surface area (Å²) in [5.74, 6) is -0.287. The Morgan fingerprint density at radius 1 is 1.21 bits per heavy atom. The Morgan fingerprint density at radius 3 is 2.46 bits per heavy atom. The molecule has 0 amide bonds. The normalized spacial score (nSPS) is 20.8. The van der Waals surface area contributed by atoms with Gasteiger partial charge in [0.15, 0.2) is 0 Å². The van der Waals surface area contributed by atoms with Crippen molar-refractivity contribution in [3.8, 4) is 0 Å². The highest BCUT2D eigenvalue weighted by atomic mass is 32.2. The third-order valence-electron chi connectivity index (χ3n) is 4.49. The molecule has 0 saturated carbocycles. The molecule has 0 spiro atoms. The fourth-order valence-electron chi connectivity index (χ4n) is 2.88. The van der Waals surface area contributed by atoms with Gasteiger partial charge in [0, 0.05) is 11.1 Å². The summed E-state index contributed by atoms with van der Waals surface area (Å²) in [5, 5.41) is 0. The third kappa shape index (κ3) is 3.85. The molecule has 0 saturated heterocycles. The lowest BCUT2D eigenvalue weighted by Crippen LogP contribution is -2.28. The molecule has 1 aromatic carbocycles. The molecule has 1 unspecified atom stereocenters. The summed E-state index contributed by atoms with van der Waals surface area (Å²) in [5.41, 5.74) is 1.86. The molecule has 7 nitrogen and oxygen atoms in total. The van der Waals surface area contributed by atoms with Gasteiger partial charge in [-0.2, -0.15) is 16.8 Å². The van der Waals surface area contributed by atoms with E-state index in [1.807, 2.05) is 13.8 Å². The van der Waals surface area contributed by atoms with Crippen LogP contribution in [0.15, 0.2) is 28.1 Å². The quantitative estimate of drug-likeness (QED) is 0.445. The second-order valence-corrected chi connectivity index (χ2v) is 9.36. The lowest BCUT2D eigenvalue weighted by atomic mass is 9.76. The summed E-state index contributed by atoms with van der Waals surface area (Å²) in [4.78, 5) is 4.56. The maximum Gasteiger partial charge on any atom is 0.296 e. The van der Waals surface area contributed by atoms with Crippen LogP contribution in [0, 0.1) is 0 Å². The number of fused-ring (bicyclic) bond motifs is 1. The molecule has 9 heteroatoms. The van der Waals surface area contributed by atoms with Gasteiger partial charge in [0.1, 0.15) is 0 Å². The van der Waals surface area contributed by atoms with E-state index in [4.69, 9.17) is 4.55 Å². The van der Waals surface area contributed by atoms with E-state index in [2.05, 4.69) is 9.18 Å². The molecule has 1 atom stereocenters. The van der Waals surface area contributed by atoms with Gasteiger partial charge < -0.3 is 0 Å². The van der Waals surface area contributed by atoms with Crippen LogP contribution < -0.4 is 0 Å². The molecule has 0 aromatic heterocycles. The fourth-order valence-corrected chi connectivity index (χ4v) is 4.14. The van der Waals surface area contributed by atoms with E-state index in [1.165, 1.54) is 6.07 Å². The zero-order valence-electron chi connectivity index (χ0n) is 13.8. The molecule has 1 aliphatic rings. The first kappa shape index (κ1) is 19.0. The second kappa shape index (κ2) is 6.55. The van der Waals surface area contributed by atoms with Crippen LogP contribution in [0.4, 0.5) is 5.69 Å². The maximum atomic E-state index is 11.9. The number of nitrogens with zero attached hydrogens (tertiary/aromatic N) is 1. The molecule has 1 aromatic rings. The van der Waals surface area contributed by atoms with Gasteiger partial charge in [0.05, 0.1) is 23.4 Å². The summed E-state index contributed by atoms with van der Waals surface area (Å²) < 4.78 is 58.8. The summed E-state index contributed by atoms with van der Waals surface area (Å²) in [6, 6.07) is 4.67. The molecule has 1 heterocycles. The van der Waals surface area contributed by atoms with Crippen LogP contribution >= 0.6 is 0 Å². The van der Waals surface area contributed by atoms with Gasteiger partial charge in [-0.15, -0.1) is 0 Å². The highest BCUT2D eigenvalue weighted by Crippen LogP contribution is 2.44. The SMILES string of the molecule is COS(=O)(=O)c1ccc2c(c1)C(C)(CCCCS(=O)(=O)O)C(C)=N2. The van der Waals surface area contributed by atoms with Crippen molar-refractivity contribution < 1.29 is 25.6 Å². The van der Waals surface area contributed by atoms with Crippen molar-refractivity contribution in [2.75, 3.05) is 12.9 Å². The maximum absolute atomic E-state index is 11.9. The Kier molecular flexibility index (Phi) is 5.19. The number of benzene rings is 1. The van der Waals surface area contributed by atoms with Crippen LogP contribution in [-0.2, 0) is 29.8 Å². The summed E-state index contributed by atoms with van der Waals surface area (Å²) in [6.45, 7) is 3.82. The largest absolute Gasteiger partial charge is 0.296 e. The lowest BCUT2D eigenvalue weighted by Gasteiger charge is -2.26. The minimum absolute atomic E-state index is 0.0674. The standard InChI is InChI=1S/C15H21NO6S2/c1-11-15(2,8-4-5-9-23(17,18)19)13-10-12(24(20,21)22-3)6-7-14(13)16-11/h6-7,10H,4-5,8-9H2,1-3H3,(H,17,18,19). The Morgan fingerprint density at radius 2 is 1.88 bits per heavy atom. The highest BCUT2D eigenvalue weighted by molar-refractivity contribution is 7.86. The molecule has 134 valence electrons. The zero-order chi connectivity index (χ0) is 18.2. The van der Waals surface area contributed by atoms with Crippen LogP contribution in [0.25, 0.3) is 0 Å². The molecule has 1 N–H and O–H groups in total. The van der Waals surface area contributed by atoms with E-state index < -0.39 is 25.7 Å². The number of rotatable bonds is 7. The molecule has 0 aliphatic carbocycles. The minimum atomic E-state index is -3.97. The van der Waals surface area contributed by atoms with Crippen molar-refractivity contribution in [2.24, 2.45) is 4.99 Å². The van der Waals surface area contributed by atoms with Crippen LogP contribution in [0.3, 0.4) is 0 Å². The Balaban J connectivity index is 2.27. The average molecular weight is 375 g/mol. The Bertz CT molecular complexity index is 873. The van der Waals surface area contributed by atoms with E-state index >= 15 is 0 Å². The van der Waals surface area contributed by atoms with Gasteiger partial charge in [-0.3, -0.25) is 13.7 Å². The number of unbranched alkanes of at least 4 members (excludes halogenated alkanes) is 1. The van der Waals surface area contributed by atoms with Crippen molar-refractivity contribution in [3.05, 3.63) is 23.8 Å².